The maximum absolute atomic E-state index is 13.1. The van der Waals surface area contributed by atoms with Gasteiger partial charge in [0.2, 0.25) is 5.91 Å². The molecular formula is C24H26N4O2. The first-order valence-corrected chi connectivity index (χ1v) is 10.7. The standard InChI is InChI=1S/C24H26N4O2/c29-24(26-20-6-8-21(9-7-20)28-14-3-12-25-28)22-4-1-2-13-27(22)17-18-5-10-23-19(16-18)11-15-30-23/h3,5-10,12,14,16,22H,1-2,4,11,13,15,17H2,(H,26,29)/t22-/m1/s1. The normalized spacial score (nSPS) is 18.6. The molecule has 0 spiro atoms. The quantitative estimate of drug-likeness (QED) is 0.705. The van der Waals surface area contributed by atoms with Gasteiger partial charge < -0.3 is 10.1 Å². The summed E-state index contributed by atoms with van der Waals surface area (Å²) in [5, 5.41) is 7.35. The number of nitrogens with one attached hydrogen (secondary N) is 1. The molecule has 0 bridgehead atoms. The Labute approximate surface area is 176 Å². The van der Waals surface area contributed by atoms with E-state index in [1.54, 1.807) is 10.9 Å². The van der Waals surface area contributed by atoms with Crippen LogP contribution >= 0.6 is 0 Å². The number of rotatable bonds is 5. The van der Waals surface area contributed by atoms with Gasteiger partial charge in [-0.25, -0.2) is 4.68 Å². The minimum Gasteiger partial charge on any atom is -0.493 e. The first kappa shape index (κ1) is 18.9. The molecule has 0 unspecified atom stereocenters. The number of anilines is 1. The molecule has 3 aromatic rings. The van der Waals surface area contributed by atoms with Crippen molar-refractivity contribution in [2.24, 2.45) is 0 Å². The summed E-state index contributed by atoms with van der Waals surface area (Å²) < 4.78 is 7.42. The van der Waals surface area contributed by atoms with E-state index in [1.807, 2.05) is 36.5 Å². The lowest BCUT2D eigenvalue weighted by Crippen LogP contribution is -2.46. The van der Waals surface area contributed by atoms with Crippen molar-refractivity contribution in [1.82, 2.24) is 14.7 Å². The molecule has 1 aromatic heterocycles. The molecule has 1 N–H and O–H groups in total. The van der Waals surface area contributed by atoms with Gasteiger partial charge in [-0.2, -0.15) is 5.10 Å². The van der Waals surface area contributed by atoms with E-state index in [-0.39, 0.29) is 11.9 Å². The first-order valence-electron chi connectivity index (χ1n) is 10.7. The number of aromatic nitrogens is 2. The molecule has 2 aromatic carbocycles. The molecule has 30 heavy (non-hydrogen) atoms. The molecule has 0 radical (unpaired) electrons. The second kappa shape index (κ2) is 8.32. The Bertz CT molecular complexity index is 1010. The van der Waals surface area contributed by atoms with Crippen LogP contribution in [0.3, 0.4) is 0 Å². The molecule has 3 heterocycles. The smallest absolute Gasteiger partial charge is 0.241 e. The molecular weight excluding hydrogens is 376 g/mol. The lowest BCUT2D eigenvalue weighted by atomic mass is 9.99. The number of benzene rings is 2. The highest BCUT2D eigenvalue weighted by molar-refractivity contribution is 5.95. The van der Waals surface area contributed by atoms with Crippen molar-refractivity contribution >= 4 is 11.6 Å². The molecule has 0 aliphatic carbocycles. The van der Waals surface area contributed by atoms with Crippen LogP contribution in [0, 0.1) is 0 Å². The van der Waals surface area contributed by atoms with Crippen LogP contribution in [0.5, 0.6) is 5.75 Å². The van der Waals surface area contributed by atoms with Gasteiger partial charge in [-0.1, -0.05) is 18.6 Å². The number of hydrogen-bond donors (Lipinski definition) is 1. The third kappa shape index (κ3) is 3.96. The van der Waals surface area contributed by atoms with Gasteiger partial charge in [0.05, 0.1) is 18.3 Å². The number of nitrogens with zero attached hydrogens (tertiary/aromatic N) is 3. The average molecular weight is 402 g/mol. The highest BCUT2D eigenvalue weighted by atomic mass is 16.5. The number of amides is 1. The molecule has 1 amide bonds. The Morgan fingerprint density at radius 2 is 2.07 bits per heavy atom. The van der Waals surface area contributed by atoms with Gasteiger partial charge in [0.1, 0.15) is 5.75 Å². The average Bonchev–Trinajstić information content (AvgIpc) is 3.46. The number of carbonyl (C=O) groups excluding carboxylic acids is 1. The van der Waals surface area contributed by atoms with Gasteiger partial charge in [0.25, 0.3) is 0 Å². The molecule has 1 atom stereocenters. The Morgan fingerprint density at radius 1 is 1.17 bits per heavy atom. The highest BCUT2D eigenvalue weighted by Gasteiger charge is 2.29. The molecule has 1 saturated heterocycles. The van der Waals surface area contributed by atoms with Gasteiger partial charge in [0, 0.05) is 31.0 Å². The fourth-order valence-electron chi connectivity index (χ4n) is 4.39. The second-order valence-electron chi connectivity index (χ2n) is 8.01. The maximum atomic E-state index is 13.1. The molecule has 5 rings (SSSR count). The summed E-state index contributed by atoms with van der Waals surface area (Å²) in [7, 11) is 0. The number of piperidine rings is 1. The Balaban J connectivity index is 1.26. The number of ether oxygens (including phenoxy) is 1. The summed E-state index contributed by atoms with van der Waals surface area (Å²) in [4.78, 5) is 15.4. The van der Waals surface area contributed by atoms with Crippen molar-refractivity contribution in [2.75, 3.05) is 18.5 Å². The monoisotopic (exact) mass is 402 g/mol. The van der Waals surface area contributed by atoms with E-state index < -0.39 is 0 Å². The van der Waals surface area contributed by atoms with Gasteiger partial charge in [-0.05, 0) is 66.9 Å². The minimum atomic E-state index is -0.103. The van der Waals surface area contributed by atoms with Crippen molar-refractivity contribution in [3.05, 3.63) is 72.1 Å². The Kier molecular flexibility index (Phi) is 5.24. The van der Waals surface area contributed by atoms with Crippen molar-refractivity contribution < 1.29 is 9.53 Å². The number of fused-ring (bicyclic) bond motifs is 1. The summed E-state index contributed by atoms with van der Waals surface area (Å²) in [6, 6.07) is 16.0. The fourth-order valence-corrected chi connectivity index (χ4v) is 4.39. The Hall–Kier alpha value is -3.12. The van der Waals surface area contributed by atoms with Crippen LogP contribution in [-0.4, -0.2) is 39.8 Å². The zero-order valence-electron chi connectivity index (χ0n) is 17.0. The Morgan fingerprint density at radius 3 is 2.90 bits per heavy atom. The van der Waals surface area contributed by atoms with E-state index >= 15 is 0 Å². The van der Waals surface area contributed by atoms with Crippen molar-refractivity contribution in [3.8, 4) is 11.4 Å². The van der Waals surface area contributed by atoms with E-state index in [4.69, 9.17) is 4.74 Å². The molecule has 1 fully saturated rings. The maximum Gasteiger partial charge on any atom is 0.241 e. The minimum absolute atomic E-state index is 0.0750. The van der Waals surface area contributed by atoms with Crippen LogP contribution in [0.1, 0.15) is 30.4 Å². The van der Waals surface area contributed by atoms with Crippen molar-refractivity contribution in [1.29, 1.82) is 0 Å². The number of carbonyl (C=O) groups is 1. The van der Waals surface area contributed by atoms with Gasteiger partial charge in [0.15, 0.2) is 0 Å². The predicted molar refractivity (Wildman–Crippen MR) is 116 cm³/mol. The SMILES string of the molecule is O=C(Nc1ccc(-n2cccn2)cc1)[C@H]1CCCCN1Cc1ccc2c(c1)CCO2. The van der Waals surface area contributed by atoms with Crippen LogP contribution in [0.4, 0.5) is 5.69 Å². The van der Waals surface area contributed by atoms with Crippen molar-refractivity contribution in [3.63, 3.8) is 0 Å². The molecule has 6 nitrogen and oxygen atoms in total. The second-order valence-corrected chi connectivity index (χ2v) is 8.01. The van der Waals surface area contributed by atoms with E-state index in [0.29, 0.717) is 0 Å². The van der Waals surface area contributed by atoms with Crippen LogP contribution in [0.2, 0.25) is 0 Å². The largest absolute Gasteiger partial charge is 0.493 e. The topological polar surface area (TPSA) is 59.4 Å². The molecule has 154 valence electrons. The predicted octanol–water partition coefficient (Wildman–Crippen LogP) is 3.80. The van der Waals surface area contributed by atoms with Crippen LogP contribution in [-0.2, 0) is 17.8 Å². The van der Waals surface area contributed by atoms with Gasteiger partial charge >= 0.3 is 0 Å². The molecule has 2 aliphatic heterocycles. The van der Waals surface area contributed by atoms with Gasteiger partial charge in [-0.15, -0.1) is 0 Å². The number of hydrogen-bond acceptors (Lipinski definition) is 4. The zero-order valence-corrected chi connectivity index (χ0v) is 17.0. The van der Waals surface area contributed by atoms with Crippen molar-refractivity contribution in [2.45, 2.75) is 38.3 Å². The summed E-state index contributed by atoms with van der Waals surface area (Å²) in [6.45, 7) is 2.51. The molecule has 2 aliphatic rings. The summed E-state index contributed by atoms with van der Waals surface area (Å²) in [5.74, 6) is 1.08. The third-order valence-corrected chi connectivity index (χ3v) is 5.96. The van der Waals surface area contributed by atoms with E-state index in [2.05, 4.69) is 33.5 Å². The first-order chi connectivity index (χ1) is 14.8. The molecule has 6 heteroatoms. The zero-order chi connectivity index (χ0) is 20.3. The van der Waals surface area contributed by atoms with E-state index in [1.165, 1.54) is 11.1 Å². The van der Waals surface area contributed by atoms with Crippen LogP contribution < -0.4 is 10.1 Å². The van der Waals surface area contributed by atoms with Crippen LogP contribution in [0.15, 0.2) is 60.9 Å². The molecule has 0 saturated carbocycles. The van der Waals surface area contributed by atoms with E-state index in [9.17, 15) is 4.79 Å². The number of likely N-dealkylation sites (tertiary alicyclic amines) is 1. The summed E-state index contributed by atoms with van der Waals surface area (Å²) >= 11 is 0. The van der Waals surface area contributed by atoms with Gasteiger partial charge in [-0.3, -0.25) is 9.69 Å². The third-order valence-electron chi connectivity index (χ3n) is 5.96. The lowest BCUT2D eigenvalue weighted by Gasteiger charge is -2.34. The lowest BCUT2D eigenvalue weighted by molar-refractivity contribution is -0.122. The summed E-state index contributed by atoms with van der Waals surface area (Å²) in [6.07, 6.45) is 7.74. The fraction of sp³-hybridized carbons (Fsp3) is 0.333. The van der Waals surface area contributed by atoms with E-state index in [0.717, 1.165) is 62.5 Å². The highest BCUT2D eigenvalue weighted by Crippen LogP contribution is 2.28. The van der Waals surface area contributed by atoms with Crippen LogP contribution in [0.25, 0.3) is 5.69 Å². The summed E-state index contributed by atoms with van der Waals surface area (Å²) in [5.41, 5.74) is 4.32.